The van der Waals surface area contributed by atoms with Crippen molar-refractivity contribution in [3.8, 4) is 5.75 Å². The number of carbonyl (C=O) groups excluding carboxylic acids is 1. The summed E-state index contributed by atoms with van der Waals surface area (Å²) in [7, 11) is 0. The molecule has 0 spiro atoms. The van der Waals surface area contributed by atoms with E-state index in [1.165, 1.54) is 5.56 Å². The van der Waals surface area contributed by atoms with Crippen molar-refractivity contribution < 1.29 is 9.53 Å². The van der Waals surface area contributed by atoms with Crippen molar-refractivity contribution >= 4 is 5.91 Å². The summed E-state index contributed by atoms with van der Waals surface area (Å²) in [6.45, 7) is 12.5. The highest BCUT2D eigenvalue weighted by molar-refractivity contribution is 5.85. The van der Waals surface area contributed by atoms with Crippen LogP contribution >= 0.6 is 0 Å². The second kappa shape index (κ2) is 7.14. The standard InChI is InChI=1S/C18H28N2O2/c1-5-15-7-9-16(10-8-15)22-18(3,4)17(21)20-13-11-19(6-2)12-14-20/h7-10H,5-6,11-14H2,1-4H3. The van der Waals surface area contributed by atoms with Gasteiger partial charge < -0.3 is 14.5 Å². The average molecular weight is 304 g/mol. The van der Waals surface area contributed by atoms with Gasteiger partial charge in [0.25, 0.3) is 5.91 Å². The van der Waals surface area contributed by atoms with E-state index in [0.29, 0.717) is 0 Å². The summed E-state index contributed by atoms with van der Waals surface area (Å²) in [5.74, 6) is 0.825. The molecule has 22 heavy (non-hydrogen) atoms. The molecule has 0 unspecified atom stereocenters. The van der Waals surface area contributed by atoms with Crippen molar-refractivity contribution in [1.82, 2.24) is 9.80 Å². The Kier molecular flexibility index (Phi) is 5.46. The van der Waals surface area contributed by atoms with E-state index in [-0.39, 0.29) is 5.91 Å². The second-order valence-corrected chi connectivity index (χ2v) is 6.34. The zero-order valence-electron chi connectivity index (χ0n) is 14.3. The Morgan fingerprint density at radius 3 is 2.18 bits per heavy atom. The Morgan fingerprint density at radius 2 is 1.68 bits per heavy atom. The van der Waals surface area contributed by atoms with Gasteiger partial charge in [0.05, 0.1) is 0 Å². The molecule has 0 saturated carbocycles. The molecular weight excluding hydrogens is 276 g/mol. The zero-order chi connectivity index (χ0) is 16.2. The van der Waals surface area contributed by atoms with Crippen LogP contribution in [0.15, 0.2) is 24.3 Å². The Balaban J connectivity index is 1.97. The van der Waals surface area contributed by atoms with Crippen molar-refractivity contribution in [3.05, 3.63) is 29.8 Å². The van der Waals surface area contributed by atoms with E-state index in [1.54, 1.807) is 0 Å². The number of carbonyl (C=O) groups is 1. The lowest BCUT2D eigenvalue weighted by Gasteiger charge is -2.38. The van der Waals surface area contributed by atoms with Gasteiger partial charge in [-0.3, -0.25) is 4.79 Å². The first-order valence-corrected chi connectivity index (χ1v) is 8.26. The number of ether oxygens (including phenoxy) is 1. The van der Waals surface area contributed by atoms with Crippen LogP contribution in [0.2, 0.25) is 0 Å². The molecule has 0 aliphatic carbocycles. The number of benzene rings is 1. The molecule has 2 rings (SSSR count). The first-order chi connectivity index (χ1) is 10.5. The number of aryl methyl sites for hydroxylation is 1. The SMILES string of the molecule is CCc1ccc(OC(C)(C)C(=O)N2CCN(CC)CC2)cc1. The van der Waals surface area contributed by atoms with Gasteiger partial charge in [0.1, 0.15) is 5.75 Å². The molecule has 0 N–H and O–H groups in total. The molecule has 1 saturated heterocycles. The maximum atomic E-state index is 12.7. The van der Waals surface area contributed by atoms with Gasteiger partial charge in [-0.15, -0.1) is 0 Å². The van der Waals surface area contributed by atoms with E-state index >= 15 is 0 Å². The maximum absolute atomic E-state index is 12.7. The van der Waals surface area contributed by atoms with Crippen molar-refractivity contribution in [3.63, 3.8) is 0 Å². The first-order valence-electron chi connectivity index (χ1n) is 8.26. The van der Waals surface area contributed by atoms with Crippen LogP contribution in [0.4, 0.5) is 0 Å². The molecule has 122 valence electrons. The summed E-state index contributed by atoms with van der Waals surface area (Å²) < 4.78 is 5.96. The van der Waals surface area contributed by atoms with E-state index in [0.717, 1.165) is 44.9 Å². The third kappa shape index (κ3) is 4.01. The topological polar surface area (TPSA) is 32.8 Å². The predicted molar refractivity (Wildman–Crippen MR) is 89.2 cm³/mol. The molecule has 1 amide bonds. The van der Waals surface area contributed by atoms with E-state index in [1.807, 2.05) is 30.9 Å². The quantitative estimate of drug-likeness (QED) is 0.838. The number of amides is 1. The van der Waals surface area contributed by atoms with Crippen LogP contribution < -0.4 is 4.74 Å². The smallest absolute Gasteiger partial charge is 0.266 e. The highest BCUT2D eigenvalue weighted by Crippen LogP contribution is 2.21. The highest BCUT2D eigenvalue weighted by atomic mass is 16.5. The van der Waals surface area contributed by atoms with Crippen LogP contribution in [0, 0.1) is 0 Å². The molecular formula is C18H28N2O2. The van der Waals surface area contributed by atoms with Gasteiger partial charge in [0, 0.05) is 26.2 Å². The third-order valence-corrected chi connectivity index (χ3v) is 4.33. The van der Waals surface area contributed by atoms with E-state index in [4.69, 9.17) is 4.74 Å². The van der Waals surface area contributed by atoms with Gasteiger partial charge in [-0.1, -0.05) is 26.0 Å². The number of piperazine rings is 1. The summed E-state index contributed by atoms with van der Waals surface area (Å²) in [6.07, 6.45) is 1.00. The Labute approximate surface area is 134 Å². The van der Waals surface area contributed by atoms with Crippen molar-refractivity contribution in [2.45, 2.75) is 39.7 Å². The molecule has 1 aromatic rings. The third-order valence-electron chi connectivity index (χ3n) is 4.33. The minimum Gasteiger partial charge on any atom is -0.478 e. The summed E-state index contributed by atoms with van der Waals surface area (Å²) in [5, 5.41) is 0. The van der Waals surface area contributed by atoms with Crippen LogP contribution in [0.3, 0.4) is 0 Å². The van der Waals surface area contributed by atoms with Gasteiger partial charge in [-0.2, -0.15) is 0 Å². The van der Waals surface area contributed by atoms with Crippen molar-refractivity contribution in [2.75, 3.05) is 32.7 Å². The fourth-order valence-corrected chi connectivity index (χ4v) is 2.78. The molecule has 1 fully saturated rings. The number of rotatable bonds is 5. The predicted octanol–water partition coefficient (Wildman–Crippen LogP) is 2.57. The molecule has 1 aromatic carbocycles. The Hall–Kier alpha value is -1.55. The van der Waals surface area contributed by atoms with Crippen LogP contribution in [-0.4, -0.2) is 54.0 Å². The number of likely N-dealkylation sites (N-methyl/N-ethyl adjacent to an activating group) is 1. The largest absolute Gasteiger partial charge is 0.478 e. The van der Waals surface area contributed by atoms with Crippen molar-refractivity contribution in [2.24, 2.45) is 0 Å². The average Bonchev–Trinajstić information content (AvgIpc) is 2.54. The van der Waals surface area contributed by atoms with Gasteiger partial charge in [0.15, 0.2) is 5.60 Å². The monoisotopic (exact) mass is 304 g/mol. The molecule has 4 heteroatoms. The minimum atomic E-state index is -0.831. The van der Waals surface area contributed by atoms with Crippen molar-refractivity contribution in [1.29, 1.82) is 0 Å². The lowest BCUT2D eigenvalue weighted by atomic mass is 10.1. The number of nitrogens with zero attached hydrogens (tertiary/aromatic N) is 2. The normalized spacial score (nSPS) is 16.6. The van der Waals surface area contributed by atoms with Gasteiger partial charge in [-0.05, 0) is 44.5 Å². The molecule has 0 bridgehead atoms. The summed E-state index contributed by atoms with van der Waals surface area (Å²) in [4.78, 5) is 17.0. The summed E-state index contributed by atoms with van der Waals surface area (Å²) >= 11 is 0. The number of hydrogen-bond donors (Lipinski definition) is 0. The van der Waals surface area contributed by atoms with Crippen LogP contribution in [0.1, 0.15) is 33.3 Å². The van der Waals surface area contributed by atoms with Crippen LogP contribution in [-0.2, 0) is 11.2 Å². The van der Waals surface area contributed by atoms with E-state index in [2.05, 4.69) is 30.9 Å². The number of hydrogen-bond acceptors (Lipinski definition) is 3. The summed E-state index contributed by atoms with van der Waals surface area (Å²) in [5.41, 5.74) is 0.439. The Bertz CT molecular complexity index is 488. The van der Waals surface area contributed by atoms with Crippen LogP contribution in [0.5, 0.6) is 5.75 Å². The highest BCUT2D eigenvalue weighted by Gasteiger charge is 2.35. The lowest BCUT2D eigenvalue weighted by molar-refractivity contribution is -0.147. The molecule has 1 aliphatic rings. The zero-order valence-corrected chi connectivity index (χ0v) is 14.3. The molecule has 1 heterocycles. The molecule has 0 atom stereocenters. The minimum absolute atomic E-state index is 0.0721. The Morgan fingerprint density at radius 1 is 1.09 bits per heavy atom. The lowest BCUT2D eigenvalue weighted by Crippen LogP contribution is -2.55. The molecule has 0 aromatic heterocycles. The first kappa shape index (κ1) is 16.8. The summed E-state index contributed by atoms with van der Waals surface area (Å²) in [6, 6.07) is 8.00. The fourth-order valence-electron chi connectivity index (χ4n) is 2.78. The van der Waals surface area contributed by atoms with Gasteiger partial charge in [-0.25, -0.2) is 0 Å². The molecule has 0 radical (unpaired) electrons. The molecule has 1 aliphatic heterocycles. The second-order valence-electron chi connectivity index (χ2n) is 6.34. The van der Waals surface area contributed by atoms with Gasteiger partial charge in [0.2, 0.25) is 0 Å². The van der Waals surface area contributed by atoms with E-state index in [9.17, 15) is 4.79 Å². The fraction of sp³-hybridized carbons (Fsp3) is 0.611. The molecule has 4 nitrogen and oxygen atoms in total. The van der Waals surface area contributed by atoms with Gasteiger partial charge >= 0.3 is 0 Å². The van der Waals surface area contributed by atoms with Crippen LogP contribution in [0.25, 0.3) is 0 Å². The maximum Gasteiger partial charge on any atom is 0.266 e. The van der Waals surface area contributed by atoms with E-state index < -0.39 is 5.60 Å².